The highest BCUT2D eigenvalue weighted by atomic mass is 16.5. The van der Waals surface area contributed by atoms with Crippen LogP contribution in [0.3, 0.4) is 0 Å². The van der Waals surface area contributed by atoms with E-state index in [1.54, 1.807) is 12.1 Å². The average molecular weight is 377 g/mol. The minimum Gasteiger partial charge on any atom is -0.494 e. The van der Waals surface area contributed by atoms with E-state index in [-0.39, 0.29) is 12.5 Å². The van der Waals surface area contributed by atoms with Crippen LogP contribution in [0.1, 0.15) is 19.2 Å². The lowest BCUT2D eigenvalue weighted by Gasteiger charge is -2.09. The number of ether oxygens (including phenoxy) is 2. The lowest BCUT2D eigenvalue weighted by Crippen LogP contribution is -2.20. The molecule has 0 atom stereocenters. The van der Waals surface area contributed by atoms with Gasteiger partial charge in [0.05, 0.1) is 18.5 Å². The smallest absolute Gasteiger partial charge is 0.262 e. The Morgan fingerprint density at radius 3 is 2.50 bits per heavy atom. The number of hydrogen-bond acceptors (Lipinski definition) is 4. The van der Waals surface area contributed by atoms with Crippen LogP contribution >= 0.6 is 0 Å². The van der Waals surface area contributed by atoms with Crippen molar-refractivity contribution in [1.82, 2.24) is 9.55 Å². The largest absolute Gasteiger partial charge is 0.494 e. The zero-order valence-electron chi connectivity index (χ0n) is 15.9. The first-order valence-corrected chi connectivity index (χ1v) is 9.53. The van der Waals surface area contributed by atoms with Crippen molar-refractivity contribution >= 4 is 11.6 Å². The van der Waals surface area contributed by atoms with Crippen LogP contribution in [-0.4, -0.2) is 28.7 Å². The molecule has 0 bridgehead atoms. The standard InChI is InChI=1S/C22H23N3O3/c1-2-27-18-9-11-19(12-10-18)28-15-22(26)24-17-7-5-16(6-8-17)20-14-23-21-4-3-13-25(20)21/h5-12,14H,2-4,13,15H2,1H3,(H,24,26). The van der Waals surface area contributed by atoms with Gasteiger partial charge in [0.1, 0.15) is 17.3 Å². The summed E-state index contributed by atoms with van der Waals surface area (Å²) in [5.41, 5.74) is 2.97. The van der Waals surface area contributed by atoms with E-state index in [0.717, 1.165) is 47.9 Å². The van der Waals surface area contributed by atoms with Gasteiger partial charge in [0.15, 0.2) is 6.61 Å². The number of aryl methyl sites for hydroxylation is 1. The molecule has 6 nitrogen and oxygen atoms in total. The summed E-state index contributed by atoms with van der Waals surface area (Å²) in [5.74, 6) is 2.36. The molecule has 1 N–H and O–H groups in total. The number of nitrogens with one attached hydrogen (secondary N) is 1. The SMILES string of the molecule is CCOc1ccc(OCC(=O)Nc2ccc(-c3cnc4n3CCC4)cc2)cc1. The maximum Gasteiger partial charge on any atom is 0.262 e. The van der Waals surface area contributed by atoms with E-state index in [4.69, 9.17) is 9.47 Å². The first kappa shape index (κ1) is 18.1. The normalized spacial score (nSPS) is 12.5. The number of imidazole rings is 1. The molecule has 0 fully saturated rings. The van der Waals surface area contributed by atoms with Gasteiger partial charge in [-0.25, -0.2) is 4.98 Å². The molecule has 0 aliphatic carbocycles. The first-order valence-electron chi connectivity index (χ1n) is 9.53. The molecule has 1 amide bonds. The highest BCUT2D eigenvalue weighted by molar-refractivity contribution is 5.92. The number of carbonyl (C=O) groups is 1. The minimum atomic E-state index is -0.202. The molecule has 0 radical (unpaired) electrons. The van der Waals surface area contributed by atoms with Gasteiger partial charge in [0.2, 0.25) is 0 Å². The average Bonchev–Trinajstić information content (AvgIpc) is 3.32. The van der Waals surface area contributed by atoms with Crippen LogP contribution in [0.25, 0.3) is 11.3 Å². The second-order valence-corrected chi connectivity index (χ2v) is 6.63. The lowest BCUT2D eigenvalue weighted by molar-refractivity contribution is -0.118. The van der Waals surface area contributed by atoms with Crippen LogP contribution in [0.2, 0.25) is 0 Å². The van der Waals surface area contributed by atoms with Crippen LogP contribution in [-0.2, 0) is 17.8 Å². The molecule has 1 aliphatic heterocycles. The molecule has 1 aromatic heterocycles. The van der Waals surface area contributed by atoms with Crippen molar-refractivity contribution in [2.45, 2.75) is 26.3 Å². The van der Waals surface area contributed by atoms with Gasteiger partial charge >= 0.3 is 0 Å². The molecule has 0 saturated carbocycles. The Labute approximate surface area is 164 Å². The van der Waals surface area contributed by atoms with E-state index in [1.807, 2.05) is 49.5 Å². The third-order valence-corrected chi connectivity index (χ3v) is 4.69. The number of nitrogens with zero attached hydrogens (tertiary/aromatic N) is 2. The molecular weight excluding hydrogens is 354 g/mol. The molecule has 28 heavy (non-hydrogen) atoms. The van der Waals surface area contributed by atoms with Crippen LogP contribution in [0.5, 0.6) is 11.5 Å². The van der Waals surface area contributed by atoms with Crippen molar-refractivity contribution in [3.8, 4) is 22.8 Å². The molecule has 2 aromatic carbocycles. The van der Waals surface area contributed by atoms with Gasteiger partial charge in [0.25, 0.3) is 5.91 Å². The highest BCUT2D eigenvalue weighted by Gasteiger charge is 2.16. The number of anilines is 1. The van der Waals surface area contributed by atoms with Crippen LogP contribution < -0.4 is 14.8 Å². The fourth-order valence-electron chi connectivity index (χ4n) is 3.36. The van der Waals surface area contributed by atoms with Gasteiger partial charge in [-0.1, -0.05) is 12.1 Å². The van der Waals surface area contributed by atoms with E-state index in [9.17, 15) is 4.79 Å². The van der Waals surface area contributed by atoms with Gasteiger partial charge in [0, 0.05) is 18.7 Å². The van der Waals surface area contributed by atoms with E-state index in [0.29, 0.717) is 12.4 Å². The molecule has 1 aliphatic rings. The number of amides is 1. The highest BCUT2D eigenvalue weighted by Crippen LogP contribution is 2.26. The number of hydrogen-bond donors (Lipinski definition) is 1. The third-order valence-electron chi connectivity index (χ3n) is 4.69. The molecule has 2 heterocycles. The Kier molecular flexibility index (Phi) is 5.28. The molecule has 0 spiro atoms. The van der Waals surface area contributed by atoms with Gasteiger partial charge in [-0.05, 0) is 55.3 Å². The van der Waals surface area contributed by atoms with E-state index >= 15 is 0 Å². The third kappa shape index (κ3) is 4.01. The predicted molar refractivity (Wildman–Crippen MR) is 108 cm³/mol. The lowest BCUT2D eigenvalue weighted by atomic mass is 10.1. The van der Waals surface area contributed by atoms with E-state index < -0.39 is 0 Å². The molecule has 0 saturated heterocycles. The maximum atomic E-state index is 12.1. The molecule has 6 heteroatoms. The zero-order valence-corrected chi connectivity index (χ0v) is 15.9. The summed E-state index contributed by atoms with van der Waals surface area (Å²) in [6.07, 6.45) is 4.12. The van der Waals surface area contributed by atoms with Crippen molar-refractivity contribution in [2.24, 2.45) is 0 Å². The summed E-state index contributed by atoms with van der Waals surface area (Å²) in [6.45, 7) is 3.52. The Balaban J connectivity index is 1.32. The second kappa shape index (κ2) is 8.17. The number of carbonyl (C=O) groups excluding carboxylic acids is 1. The molecule has 3 aromatic rings. The van der Waals surface area contributed by atoms with Crippen molar-refractivity contribution < 1.29 is 14.3 Å². The Morgan fingerprint density at radius 1 is 1.07 bits per heavy atom. The quantitative estimate of drug-likeness (QED) is 0.678. The number of aromatic nitrogens is 2. The summed E-state index contributed by atoms with van der Waals surface area (Å²) in [5, 5.41) is 2.86. The van der Waals surface area contributed by atoms with Crippen LogP contribution in [0, 0.1) is 0 Å². The van der Waals surface area contributed by atoms with Crippen molar-refractivity contribution in [3.05, 3.63) is 60.6 Å². The maximum absolute atomic E-state index is 12.1. The Bertz CT molecular complexity index is 946. The predicted octanol–water partition coefficient (Wildman–Crippen LogP) is 3.91. The van der Waals surface area contributed by atoms with Gasteiger partial charge in [-0.2, -0.15) is 0 Å². The van der Waals surface area contributed by atoms with Gasteiger partial charge in [-0.15, -0.1) is 0 Å². The fourth-order valence-corrected chi connectivity index (χ4v) is 3.36. The molecule has 4 rings (SSSR count). The van der Waals surface area contributed by atoms with Crippen LogP contribution in [0.4, 0.5) is 5.69 Å². The van der Waals surface area contributed by atoms with Crippen molar-refractivity contribution in [3.63, 3.8) is 0 Å². The van der Waals surface area contributed by atoms with Crippen LogP contribution in [0.15, 0.2) is 54.7 Å². The number of benzene rings is 2. The van der Waals surface area contributed by atoms with E-state index in [1.165, 1.54) is 0 Å². The summed E-state index contributed by atoms with van der Waals surface area (Å²) < 4.78 is 13.2. The molecule has 0 unspecified atom stereocenters. The molecule has 144 valence electrons. The topological polar surface area (TPSA) is 65.4 Å². The summed E-state index contributed by atoms with van der Waals surface area (Å²) in [4.78, 5) is 16.6. The minimum absolute atomic E-state index is 0.0497. The Hall–Kier alpha value is -3.28. The fraction of sp³-hybridized carbons (Fsp3) is 0.273. The van der Waals surface area contributed by atoms with Crippen molar-refractivity contribution in [1.29, 1.82) is 0 Å². The van der Waals surface area contributed by atoms with Gasteiger partial charge in [-0.3, -0.25) is 4.79 Å². The Morgan fingerprint density at radius 2 is 1.79 bits per heavy atom. The monoisotopic (exact) mass is 377 g/mol. The number of rotatable bonds is 7. The number of fused-ring (bicyclic) bond motifs is 1. The summed E-state index contributed by atoms with van der Waals surface area (Å²) in [6, 6.07) is 15.0. The van der Waals surface area contributed by atoms with E-state index in [2.05, 4.69) is 14.9 Å². The van der Waals surface area contributed by atoms with Crippen molar-refractivity contribution in [2.75, 3.05) is 18.5 Å². The first-order chi connectivity index (χ1) is 13.7. The second-order valence-electron chi connectivity index (χ2n) is 6.63. The zero-order chi connectivity index (χ0) is 19.3. The summed E-state index contributed by atoms with van der Waals surface area (Å²) in [7, 11) is 0. The summed E-state index contributed by atoms with van der Waals surface area (Å²) >= 11 is 0. The molecular formula is C22H23N3O3. The van der Waals surface area contributed by atoms with Gasteiger partial charge < -0.3 is 19.4 Å².